The Labute approximate surface area is 170 Å². The number of ether oxygens (including phenoxy) is 1. The average molecular weight is 442 g/mol. The lowest BCUT2D eigenvalue weighted by atomic mass is 10.0. The number of rotatable bonds is 3. The molecule has 0 saturated heterocycles. The molecule has 1 unspecified atom stereocenters. The molecular formula is C22H17BrFNOS. The molecule has 27 heavy (non-hydrogen) atoms. The van der Waals surface area contributed by atoms with Crippen molar-refractivity contribution in [2.75, 3.05) is 7.11 Å². The van der Waals surface area contributed by atoms with Crippen molar-refractivity contribution in [3.05, 3.63) is 88.1 Å². The minimum Gasteiger partial charge on any atom is -0.496 e. The molecule has 1 heterocycles. The van der Waals surface area contributed by atoms with Crippen molar-refractivity contribution in [3.63, 3.8) is 0 Å². The van der Waals surface area contributed by atoms with Gasteiger partial charge in [-0.15, -0.1) is 11.8 Å². The molecule has 136 valence electrons. The molecule has 1 aliphatic rings. The lowest BCUT2D eigenvalue weighted by Gasteiger charge is -2.19. The Bertz CT molecular complexity index is 1000. The lowest BCUT2D eigenvalue weighted by Crippen LogP contribution is -2.06. The standard InChI is InChI=1S/C22H17BrFNOS/c1-26-20-11-8-15(23)12-17(20)22-13-19(14-6-9-16(24)10-7-14)25-18-4-2-3-5-21(18)27-22/h2-12,22H,13H2,1H3. The fourth-order valence-corrected chi connectivity index (χ4v) is 4.79. The lowest BCUT2D eigenvalue weighted by molar-refractivity contribution is 0.409. The predicted octanol–water partition coefficient (Wildman–Crippen LogP) is 6.95. The number of methoxy groups -OCH3 is 1. The van der Waals surface area contributed by atoms with Crippen LogP contribution in [0.5, 0.6) is 5.75 Å². The van der Waals surface area contributed by atoms with E-state index >= 15 is 0 Å². The van der Waals surface area contributed by atoms with Gasteiger partial charge in [-0.3, -0.25) is 4.99 Å². The summed E-state index contributed by atoms with van der Waals surface area (Å²) in [6, 6.07) is 20.7. The van der Waals surface area contributed by atoms with E-state index in [2.05, 4.69) is 28.1 Å². The third kappa shape index (κ3) is 3.94. The van der Waals surface area contributed by atoms with Crippen molar-refractivity contribution in [1.29, 1.82) is 0 Å². The maximum absolute atomic E-state index is 13.4. The maximum atomic E-state index is 13.4. The quantitative estimate of drug-likeness (QED) is 0.438. The first kappa shape index (κ1) is 18.3. The van der Waals surface area contributed by atoms with Gasteiger partial charge in [0.2, 0.25) is 0 Å². The number of thioether (sulfide) groups is 1. The third-order valence-corrected chi connectivity index (χ3v) is 6.28. The Morgan fingerprint density at radius 3 is 2.63 bits per heavy atom. The molecule has 0 radical (unpaired) electrons. The van der Waals surface area contributed by atoms with E-state index in [1.807, 2.05) is 30.3 Å². The third-order valence-electron chi connectivity index (χ3n) is 4.48. The van der Waals surface area contributed by atoms with Crippen molar-refractivity contribution in [2.45, 2.75) is 16.6 Å². The van der Waals surface area contributed by atoms with Crippen LogP contribution in [0.15, 0.2) is 81.1 Å². The number of nitrogens with zero attached hydrogens (tertiary/aromatic N) is 1. The predicted molar refractivity (Wildman–Crippen MR) is 113 cm³/mol. The topological polar surface area (TPSA) is 21.6 Å². The second-order valence-corrected chi connectivity index (χ2v) is 8.39. The first-order valence-electron chi connectivity index (χ1n) is 8.56. The first-order valence-corrected chi connectivity index (χ1v) is 10.2. The molecule has 0 bridgehead atoms. The van der Waals surface area contributed by atoms with Crippen LogP contribution in [-0.4, -0.2) is 12.8 Å². The van der Waals surface area contributed by atoms with Crippen LogP contribution in [-0.2, 0) is 0 Å². The summed E-state index contributed by atoms with van der Waals surface area (Å²) in [6.07, 6.45) is 0.720. The van der Waals surface area contributed by atoms with Gasteiger partial charge < -0.3 is 4.74 Å². The van der Waals surface area contributed by atoms with Crippen LogP contribution in [0, 0.1) is 5.82 Å². The highest BCUT2D eigenvalue weighted by Crippen LogP contribution is 2.48. The molecule has 0 aliphatic carbocycles. The maximum Gasteiger partial charge on any atom is 0.123 e. The number of hydrogen-bond donors (Lipinski definition) is 0. The summed E-state index contributed by atoms with van der Waals surface area (Å²) in [7, 11) is 1.69. The van der Waals surface area contributed by atoms with Crippen molar-refractivity contribution in [3.8, 4) is 5.75 Å². The number of aliphatic imine (C=N–C) groups is 1. The summed E-state index contributed by atoms with van der Waals surface area (Å²) in [5.41, 5.74) is 3.94. The highest BCUT2D eigenvalue weighted by molar-refractivity contribution is 9.10. The van der Waals surface area contributed by atoms with E-state index in [1.165, 1.54) is 12.1 Å². The first-order chi connectivity index (χ1) is 13.1. The molecule has 1 aliphatic heterocycles. The van der Waals surface area contributed by atoms with Gasteiger partial charge in [-0.2, -0.15) is 0 Å². The number of fused-ring (bicyclic) bond motifs is 1. The van der Waals surface area contributed by atoms with Crippen LogP contribution in [0.4, 0.5) is 10.1 Å². The van der Waals surface area contributed by atoms with E-state index in [0.29, 0.717) is 0 Å². The molecule has 0 amide bonds. The normalized spacial score (nSPS) is 16.3. The summed E-state index contributed by atoms with van der Waals surface area (Å²) in [6.45, 7) is 0. The monoisotopic (exact) mass is 441 g/mol. The molecule has 0 aromatic heterocycles. The Hall–Kier alpha value is -2.11. The Balaban J connectivity index is 1.83. The van der Waals surface area contributed by atoms with Crippen molar-refractivity contribution in [2.24, 2.45) is 4.99 Å². The zero-order valence-corrected chi connectivity index (χ0v) is 17.1. The van der Waals surface area contributed by atoms with Gasteiger partial charge in [-0.25, -0.2) is 4.39 Å². The van der Waals surface area contributed by atoms with Gasteiger partial charge in [0.05, 0.1) is 12.8 Å². The minimum atomic E-state index is -0.243. The van der Waals surface area contributed by atoms with E-state index in [1.54, 1.807) is 31.0 Å². The van der Waals surface area contributed by atoms with Crippen molar-refractivity contribution >= 4 is 39.1 Å². The van der Waals surface area contributed by atoms with Crippen molar-refractivity contribution in [1.82, 2.24) is 0 Å². The van der Waals surface area contributed by atoms with Gasteiger partial charge in [-0.1, -0.05) is 40.2 Å². The largest absolute Gasteiger partial charge is 0.496 e. The van der Waals surface area contributed by atoms with E-state index in [4.69, 9.17) is 9.73 Å². The molecule has 0 fully saturated rings. The van der Waals surface area contributed by atoms with Crippen LogP contribution >= 0.6 is 27.7 Å². The summed E-state index contributed by atoms with van der Waals surface area (Å²) < 4.78 is 20.0. The molecule has 0 saturated carbocycles. The molecule has 3 aromatic rings. The van der Waals surface area contributed by atoms with E-state index in [9.17, 15) is 4.39 Å². The Morgan fingerprint density at radius 1 is 1.07 bits per heavy atom. The van der Waals surface area contributed by atoms with E-state index < -0.39 is 0 Å². The summed E-state index contributed by atoms with van der Waals surface area (Å²) >= 11 is 5.36. The van der Waals surface area contributed by atoms with Crippen LogP contribution < -0.4 is 4.74 Å². The van der Waals surface area contributed by atoms with E-state index in [0.717, 1.165) is 44.1 Å². The molecule has 5 heteroatoms. The molecular weight excluding hydrogens is 425 g/mol. The summed E-state index contributed by atoms with van der Waals surface area (Å²) in [5.74, 6) is 0.612. The van der Waals surface area contributed by atoms with Gasteiger partial charge in [-0.05, 0) is 48.0 Å². The highest BCUT2D eigenvalue weighted by atomic mass is 79.9. The fraction of sp³-hybridized carbons (Fsp3) is 0.136. The number of halogens is 2. The molecule has 0 spiro atoms. The zero-order valence-electron chi connectivity index (χ0n) is 14.7. The molecule has 1 atom stereocenters. The second-order valence-electron chi connectivity index (χ2n) is 6.23. The molecule has 2 nitrogen and oxygen atoms in total. The number of para-hydroxylation sites is 1. The van der Waals surface area contributed by atoms with Gasteiger partial charge in [0, 0.05) is 32.3 Å². The van der Waals surface area contributed by atoms with Gasteiger partial charge >= 0.3 is 0 Å². The van der Waals surface area contributed by atoms with Gasteiger partial charge in [0.15, 0.2) is 0 Å². The van der Waals surface area contributed by atoms with Crippen LogP contribution in [0.1, 0.15) is 22.8 Å². The fourth-order valence-electron chi connectivity index (χ4n) is 3.17. The SMILES string of the molecule is COc1ccc(Br)cc1C1CC(c2ccc(F)cc2)=Nc2ccccc2S1. The number of benzene rings is 3. The summed E-state index contributed by atoms with van der Waals surface area (Å²) in [4.78, 5) is 6.04. The molecule has 4 rings (SSSR count). The minimum absolute atomic E-state index is 0.130. The average Bonchev–Trinajstić information content (AvgIpc) is 2.88. The molecule has 3 aromatic carbocycles. The Kier molecular flexibility index (Phi) is 5.32. The van der Waals surface area contributed by atoms with Crippen LogP contribution in [0.3, 0.4) is 0 Å². The smallest absolute Gasteiger partial charge is 0.123 e. The van der Waals surface area contributed by atoms with Crippen LogP contribution in [0.25, 0.3) is 0 Å². The van der Waals surface area contributed by atoms with Crippen LogP contribution in [0.2, 0.25) is 0 Å². The number of hydrogen-bond acceptors (Lipinski definition) is 3. The Morgan fingerprint density at radius 2 is 1.85 bits per heavy atom. The zero-order chi connectivity index (χ0) is 18.8. The highest BCUT2D eigenvalue weighted by Gasteiger charge is 2.25. The molecule has 0 N–H and O–H groups in total. The van der Waals surface area contributed by atoms with Crippen molar-refractivity contribution < 1.29 is 9.13 Å². The summed E-state index contributed by atoms with van der Waals surface area (Å²) in [5, 5.41) is 0.130. The van der Waals surface area contributed by atoms with E-state index in [-0.39, 0.29) is 11.1 Å². The van der Waals surface area contributed by atoms with Gasteiger partial charge in [0.25, 0.3) is 0 Å². The van der Waals surface area contributed by atoms with Gasteiger partial charge in [0.1, 0.15) is 11.6 Å². The second kappa shape index (κ2) is 7.87.